The maximum Gasteiger partial charge on any atom is 0.240 e. The van der Waals surface area contributed by atoms with E-state index in [-0.39, 0.29) is 5.95 Å². The number of nitrogens with zero attached hydrogens (tertiary/aromatic N) is 2. The molecule has 0 unspecified atom stereocenters. The van der Waals surface area contributed by atoms with Crippen LogP contribution >= 0.6 is 23.2 Å². The van der Waals surface area contributed by atoms with E-state index < -0.39 is 0 Å². The van der Waals surface area contributed by atoms with Crippen molar-refractivity contribution in [2.24, 2.45) is 5.84 Å². The largest absolute Gasteiger partial charge is 0.437 e. The van der Waals surface area contributed by atoms with E-state index in [0.29, 0.717) is 21.7 Å². The van der Waals surface area contributed by atoms with Crippen LogP contribution in [0.25, 0.3) is 0 Å². The third-order valence-electron chi connectivity index (χ3n) is 2.07. The van der Waals surface area contributed by atoms with Gasteiger partial charge in [-0.25, -0.2) is 10.8 Å². The monoisotopic (exact) mass is 284 g/mol. The number of aromatic nitrogens is 2. The van der Waals surface area contributed by atoms with E-state index in [0.717, 1.165) is 5.69 Å². The molecule has 0 fully saturated rings. The second-order valence-electron chi connectivity index (χ2n) is 3.49. The first kappa shape index (κ1) is 12.9. The van der Waals surface area contributed by atoms with Crippen molar-refractivity contribution in [1.29, 1.82) is 0 Å². The summed E-state index contributed by atoms with van der Waals surface area (Å²) in [7, 11) is 0. The van der Waals surface area contributed by atoms with Crippen LogP contribution in [-0.2, 0) is 0 Å². The zero-order valence-corrected chi connectivity index (χ0v) is 11.0. The molecule has 5 nitrogen and oxygen atoms in total. The Bertz CT molecular complexity index is 577. The van der Waals surface area contributed by atoms with Crippen molar-refractivity contribution in [3.05, 3.63) is 40.0 Å². The first-order valence-electron chi connectivity index (χ1n) is 5.03. The number of nitrogen functional groups attached to an aromatic ring is 1. The summed E-state index contributed by atoms with van der Waals surface area (Å²) in [6, 6.07) is 6.61. The molecule has 0 bridgehead atoms. The molecule has 0 amide bonds. The number of halogens is 2. The molecule has 1 heterocycles. The van der Waals surface area contributed by atoms with Gasteiger partial charge in [-0.1, -0.05) is 23.2 Å². The Morgan fingerprint density at radius 2 is 2.00 bits per heavy atom. The Morgan fingerprint density at radius 1 is 1.22 bits per heavy atom. The first-order chi connectivity index (χ1) is 8.58. The molecule has 0 aliphatic rings. The summed E-state index contributed by atoms with van der Waals surface area (Å²) in [6.45, 7) is 1.80. The molecule has 0 radical (unpaired) electrons. The standard InChI is InChI=1S/C11H10Cl2N4O/c1-6-4-10(16-11(15-6)17-14)18-9-3-2-7(12)5-8(9)13/h2-5H,14H2,1H3,(H,15,16,17). The predicted molar refractivity (Wildman–Crippen MR) is 71.1 cm³/mol. The van der Waals surface area contributed by atoms with Gasteiger partial charge in [-0.15, -0.1) is 0 Å². The Hall–Kier alpha value is -1.56. The first-order valence-corrected chi connectivity index (χ1v) is 5.79. The van der Waals surface area contributed by atoms with Gasteiger partial charge < -0.3 is 4.74 Å². The third-order valence-corrected chi connectivity index (χ3v) is 2.60. The Morgan fingerprint density at radius 3 is 2.67 bits per heavy atom. The molecule has 0 atom stereocenters. The minimum absolute atomic E-state index is 0.273. The van der Waals surface area contributed by atoms with Crippen LogP contribution in [0.5, 0.6) is 11.6 Å². The highest BCUT2D eigenvalue weighted by Gasteiger charge is 2.07. The van der Waals surface area contributed by atoms with Crippen LogP contribution in [0, 0.1) is 6.92 Å². The summed E-state index contributed by atoms with van der Waals surface area (Å²) in [5, 5.41) is 0.941. The molecule has 94 valence electrons. The average Bonchev–Trinajstić information content (AvgIpc) is 2.32. The maximum absolute atomic E-state index is 6.00. The number of nitrogens with one attached hydrogen (secondary N) is 1. The fourth-order valence-electron chi connectivity index (χ4n) is 1.33. The SMILES string of the molecule is Cc1cc(Oc2ccc(Cl)cc2Cl)nc(NN)n1. The van der Waals surface area contributed by atoms with Crippen LogP contribution < -0.4 is 16.0 Å². The van der Waals surface area contributed by atoms with E-state index in [1.54, 1.807) is 31.2 Å². The van der Waals surface area contributed by atoms with E-state index in [4.69, 9.17) is 33.8 Å². The van der Waals surface area contributed by atoms with Crippen molar-refractivity contribution in [3.8, 4) is 11.6 Å². The predicted octanol–water partition coefficient (Wildman–Crippen LogP) is 3.17. The number of benzene rings is 1. The summed E-state index contributed by atoms with van der Waals surface area (Å²) in [5.74, 6) is 6.34. The summed E-state index contributed by atoms with van der Waals surface area (Å²) in [4.78, 5) is 8.10. The van der Waals surface area contributed by atoms with E-state index in [1.807, 2.05) is 0 Å². The van der Waals surface area contributed by atoms with Crippen LogP contribution in [0.2, 0.25) is 10.0 Å². The summed E-state index contributed by atoms with van der Waals surface area (Å²) in [6.07, 6.45) is 0. The highest BCUT2D eigenvalue weighted by atomic mass is 35.5. The molecule has 0 spiro atoms. The summed E-state index contributed by atoms with van der Waals surface area (Å²) in [5.41, 5.74) is 3.08. The molecule has 1 aromatic heterocycles. The smallest absolute Gasteiger partial charge is 0.240 e. The van der Waals surface area contributed by atoms with Crippen molar-refractivity contribution in [3.63, 3.8) is 0 Å². The van der Waals surface area contributed by atoms with Gasteiger partial charge in [0.25, 0.3) is 0 Å². The molecule has 0 aliphatic heterocycles. The Kier molecular flexibility index (Phi) is 3.86. The highest BCUT2D eigenvalue weighted by molar-refractivity contribution is 6.35. The van der Waals surface area contributed by atoms with Crippen LogP contribution in [-0.4, -0.2) is 9.97 Å². The topological polar surface area (TPSA) is 73.1 Å². The molecule has 3 N–H and O–H groups in total. The molecule has 7 heteroatoms. The fraction of sp³-hybridized carbons (Fsp3) is 0.0909. The number of aryl methyl sites for hydroxylation is 1. The van der Waals surface area contributed by atoms with Gasteiger partial charge in [0.15, 0.2) is 0 Å². The molecular formula is C11H10Cl2N4O. The zero-order chi connectivity index (χ0) is 13.1. The zero-order valence-electron chi connectivity index (χ0n) is 9.45. The van der Waals surface area contributed by atoms with Gasteiger partial charge in [-0.3, -0.25) is 5.43 Å². The Balaban J connectivity index is 2.30. The van der Waals surface area contributed by atoms with Crippen LogP contribution in [0.3, 0.4) is 0 Å². The number of anilines is 1. The molecule has 0 aliphatic carbocycles. The molecule has 18 heavy (non-hydrogen) atoms. The lowest BCUT2D eigenvalue weighted by Crippen LogP contribution is -2.11. The van der Waals surface area contributed by atoms with Crippen LogP contribution in [0.15, 0.2) is 24.3 Å². The number of nitrogens with two attached hydrogens (primary N) is 1. The minimum Gasteiger partial charge on any atom is -0.437 e. The quantitative estimate of drug-likeness (QED) is 0.669. The van der Waals surface area contributed by atoms with Gasteiger partial charge in [-0.2, -0.15) is 4.98 Å². The van der Waals surface area contributed by atoms with Gasteiger partial charge in [0.1, 0.15) is 5.75 Å². The average molecular weight is 285 g/mol. The summed E-state index contributed by atoms with van der Waals surface area (Å²) < 4.78 is 5.55. The normalized spacial score (nSPS) is 10.2. The fourth-order valence-corrected chi connectivity index (χ4v) is 1.77. The van der Waals surface area contributed by atoms with Gasteiger partial charge >= 0.3 is 0 Å². The Labute approximate surface area is 114 Å². The highest BCUT2D eigenvalue weighted by Crippen LogP contribution is 2.31. The molecule has 0 saturated heterocycles. The number of hydrazine groups is 1. The van der Waals surface area contributed by atoms with E-state index >= 15 is 0 Å². The second-order valence-corrected chi connectivity index (χ2v) is 4.34. The number of rotatable bonds is 3. The van der Waals surface area contributed by atoms with E-state index in [1.165, 1.54) is 0 Å². The summed E-state index contributed by atoms with van der Waals surface area (Å²) >= 11 is 11.8. The number of hydrogen-bond acceptors (Lipinski definition) is 5. The minimum atomic E-state index is 0.273. The lowest BCUT2D eigenvalue weighted by molar-refractivity contribution is 0.462. The van der Waals surface area contributed by atoms with Gasteiger partial charge in [-0.05, 0) is 25.1 Å². The van der Waals surface area contributed by atoms with Crippen molar-refractivity contribution in [1.82, 2.24) is 9.97 Å². The molecule has 2 rings (SSSR count). The van der Waals surface area contributed by atoms with Crippen LogP contribution in [0.4, 0.5) is 5.95 Å². The van der Waals surface area contributed by atoms with Gasteiger partial charge in [0.05, 0.1) is 5.02 Å². The number of ether oxygens (including phenoxy) is 1. The molecule has 2 aromatic rings. The second kappa shape index (κ2) is 5.39. The van der Waals surface area contributed by atoms with Crippen molar-refractivity contribution in [2.75, 3.05) is 5.43 Å². The maximum atomic E-state index is 6.00. The molecular weight excluding hydrogens is 275 g/mol. The van der Waals surface area contributed by atoms with Crippen LogP contribution in [0.1, 0.15) is 5.69 Å². The molecule has 0 saturated carbocycles. The third kappa shape index (κ3) is 3.01. The van der Waals surface area contributed by atoms with E-state index in [2.05, 4.69) is 15.4 Å². The van der Waals surface area contributed by atoms with Crippen molar-refractivity contribution >= 4 is 29.2 Å². The lowest BCUT2D eigenvalue weighted by atomic mass is 10.3. The molecule has 1 aromatic carbocycles. The lowest BCUT2D eigenvalue weighted by Gasteiger charge is -2.08. The van der Waals surface area contributed by atoms with Gasteiger partial charge in [0.2, 0.25) is 11.8 Å². The van der Waals surface area contributed by atoms with Crippen molar-refractivity contribution < 1.29 is 4.74 Å². The van der Waals surface area contributed by atoms with Crippen molar-refractivity contribution in [2.45, 2.75) is 6.92 Å². The number of hydrogen-bond donors (Lipinski definition) is 2. The van der Waals surface area contributed by atoms with E-state index in [9.17, 15) is 0 Å². The van der Waals surface area contributed by atoms with Gasteiger partial charge in [0, 0.05) is 16.8 Å².